The lowest BCUT2D eigenvalue weighted by Gasteiger charge is -2.19. The highest BCUT2D eigenvalue weighted by Gasteiger charge is 2.47. The van der Waals surface area contributed by atoms with Crippen molar-refractivity contribution in [2.24, 2.45) is 11.8 Å². The summed E-state index contributed by atoms with van der Waals surface area (Å²) in [7, 11) is 1.72. The van der Waals surface area contributed by atoms with Crippen molar-refractivity contribution in [3.8, 4) is 0 Å². The Kier molecular flexibility index (Phi) is 4.92. The number of hydrogen-bond acceptors (Lipinski definition) is 4. The molecule has 1 aliphatic carbocycles. The Bertz CT molecular complexity index is 608. The van der Waals surface area contributed by atoms with Gasteiger partial charge in [0.1, 0.15) is 0 Å². The van der Waals surface area contributed by atoms with Crippen LogP contribution in [0.1, 0.15) is 37.7 Å². The quantitative estimate of drug-likeness (QED) is 0.770. The average molecular weight is 329 g/mol. The molecular weight excluding hydrogens is 306 g/mol. The molecule has 2 aliphatic rings. The molecule has 0 bridgehead atoms. The number of carbonyl (C=O) groups excluding carboxylic acids is 3. The van der Waals surface area contributed by atoms with Crippen molar-refractivity contribution >= 4 is 17.7 Å². The van der Waals surface area contributed by atoms with E-state index in [0.29, 0.717) is 6.54 Å². The summed E-state index contributed by atoms with van der Waals surface area (Å²) in [6.45, 7) is 0.667. The summed E-state index contributed by atoms with van der Waals surface area (Å²) >= 11 is 0. The number of aromatic nitrogens is 1. The smallest absolute Gasteiger partial charge is 0.233 e. The summed E-state index contributed by atoms with van der Waals surface area (Å²) < 4.78 is 0. The fourth-order valence-electron chi connectivity index (χ4n) is 3.70. The molecule has 1 saturated carbocycles. The molecule has 1 saturated heterocycles. The monoisotopic (exact) mass is 329 g/mol. The first-order valence-corrected chi connectivity index (χ1v) is 8.56. The minimum Gasteiger partial charge on any atom is -0.341 e. The number of carbonyl (C=O) groups is 3. The summed E-state index contributed by atoms with van der Waals surface area (Å²) in [5, 5.41) is 0. The van der Waals surface area contributed by atoms with E-state index < -0.39 is 0 Å². The lowest BCUT2D eigenvalue weighted by Crippen LogP contribution is -2.36. The predicted octanol–water partition coefficient (Wildman–Crippen LogP) is 1.61. The van der Waals surface area contributed by atoms with Crippen LogP contribution in [0, 0.1) is 11.8 Å². The Balaban J connectivity index is 1.54. The van der Waals surface area contributed by atoms with E-state index in [1.807, 2.05) is 12.1 Å². The number of nitrogens with zero attached hydrogens (tertiary/aromatic N) is 3. The highest BCUT2D eigenvalue weighted by Crippen LogP contribution is 2.37. The van der Waals surface area contributed by atoms with E-state index in [1.54, 1.807) is 24.3 Å². The molecule has 0 radical (unpaired) electrons. The number of likely N-dealkylation sites (tertiary alicyclic amines) is 1. The number of hydrogen-bond donors (Lipinski definition) is 0. The zero-order valence-corrected chi connectivity index (χ0v) is 14.0. The van der Waals surface area contributed by atoms with Crippen LogP contribution in [0.15, 0.2) is 24.5 Å². The molecule has 6 nitrogen and oxygen atoms in total. The Morgan fingerprint density at radius 3 is 2.50 bits per heavy atom. The van der Waals surface area contributed by atoms with Gasteiger partial charge < -0.3 is 4.90 Å². The van der Waals surface area contributed by atoms with Crippen molar-refractivity contribution in [1.82, 2.24) is 14.8 Å². The second kappa shape index (κ2) is 7.11. The number of imide groups is 1. The summed E-state index contributed by atoms with van der Waals surface area (Å²) in [5.41, 5.74) is 0.952. The molecule has 3 rings (SSSR count). The minimum atomic E-state index is -0.144. The molecule has 24 heavy (non-hydrogen) atoms. The Morgan fingerprint density at radius 1 is 1.25 bits per heavy atom. The average Bonchev–Trinajstić information content (AvgIpc) is 2.85. The van der Waals surface area contributed by atoms with E-state index in [0.717, 1.165) is 31.2 Å². The molecule has 0 N–H and O–H groups in total. The molecule has 2 heterocycles. The molecule has 2 fully saturated rings. The van der Waals surface area contributed by atoms with Gasteiger partial charge in [0.15, 0.2) is 0 Å². The zero-order chi connectivity index (χ0) is 17.1. The third-order valence-corrected chi connectivity index (χ3v) is 5.05. The highest BCUT2D eigenvalue weighted by atomic mass is 16.2. The third kappa shape index (κ3) is 3.32. The number of pyridine rings is 1. The molecule has 1 aromatic heterocycles. The summed E-state index contributed by atoms with van der Waals surface area (Å²) in [5.74, 6) is -0.516. The molecule has 0 aromatic carbocycles. The van der Waals surface area contributed by atoms with Crippen molar-refractivity contribution in [3.05, 3.63) is 30.1 Å². The maximum Gasteiger partial charge on any atom is 0.233 e. The molecule has 6 heteroatoms. The SMILES string of the molecule is CN(Cc1cccnc1)C(=O)CCN1C(=O)C2CCCCC2C1=O. The van der Waals surface area contributed by atoms with Crippen LogP contribution in [0.5, 0.6) is 0 Å². The van der Waals surface area contributed by atoms with Crippen molar-refractivity contribution in [3.63, 3.8) is 0 Å². The van der Waals surface area contributed by atoms with Crippen molar-refractivity contribution in [1.29, 1.82) is 0 Å². The lowest BCUT2D eigenvalue weighted by atomic mass is 9.81. The highest BCUT2D eigenvalue weighted by molar-refractivity contribution is 6.05. The van der Waals surface area contributed by atoms with Gasteiger partial charge in [-0.25, -0.2) is 0 Å². The fraction of sp³-hybridized carbons (Fsp3) is 0.556. The van der Waals surface area contributed by atoms with E-state index >= 15 is 0 Å². The molecule has 1 aromatic rings. The van der Waals surface area contributed by atoms with Crippen LogP contribution in [0.4, 0.5) is 0 Å². The topological polar surface area (TPSA) is 70.6 Å². The largest absolute Gasteiger partial charge is 0.341 e. The van der Waals surface area contributed by atoms with Gasteiger partial charge in [-0.15, -0.1) is 0 Å². The van der Waals surface area contributed by atoms with Gasteiger partial charge in [-0.2, -0.15) is 0 Å². The first-order chi connectivity index (χ1) is 11.6. The Labute approximate surface area is 141 Å². The Hall–Kier alpha value is -2.24. The van der Waals surface area contributed by atoms with Gasteiger partial charge >= 0.3 is 0 Å². The molecule has 128 valence electrons. The molecule has 2 unspecified atom stereocenters. The number of amides is 3. The zero-order valence-electron chi connectivity index (χ0n) is 14.0. The van der Waals surface area contributed by atoms with Crippen LogP contribution in [-0.4, -0.2) is 46.1 Å². The lowest BCUT2D eigenvalue weighted by molar-refractivity contribution is -0.140. The van der Waals surface area contributed by atoms with E-state index in [9.17, 15) is 14.4 Å². The van der Waals surface area contributed by atoms with Gasteiger partial charge in [0.2, 0.25) is 17.7 Å². The molecule has 1 aliphatic heterocycles. The normalized spacial score (nSPS) is 23.3. The van der Waals surface area contributed by atoms with Gasteiger partial charge in [0, 0.05) is 39.0 Å². The van der Waals surface area contributed by atoms with E-state index in [1.165, 1.54) is 4.90 Å². The van der Waals surface area contributed by atoms with E-state index in [2.05, 4.69) is 4.98 Å². The van der Waals surface area contributed by atoms with Gasteiger partial charge in [-0.1, -0.05) is 18.9 Å². The molecule has 2 atom stereocenters. The third-order valence-electron chi connectivity index (χ3n) is 5.05. The number of rotatable bonds is 5. The molecular formula is C18H23N3O3. The van der Waals surface area contributed by atoms with E-state index in [-0.39, 0.29) is 42.5 Å². The second-order valence-electron chi connectivity index (χ2n) is 6.69. The van der Waals surface area contributed by atoms with E-state index in [4.69, 9.17) is 0 Å². The maximum atomic E-state index is 12.4. The van der Waals surface area contributed by atoms with Gasteiger partial charge in [-0.3, -0.25) is 24.3 Å². The van der Waals surface area contributed by atoms with Crippen LogP contribution in [0.2, 0.25) is 0 Å². The summed E-state index contributed by atoms with van der Waals surface area (Å²) in [6, 6.07) is 3.74. The van der Waals surface area contributed by atoms with Crippen LogP contribution < -0.4 is 0 Å². The summed E-state index contributed by atoms with van der Waals surface area (Å²) in [6.07, 6.45) is 7.23. The van der Waals surface area contributed by atoms with Gasteiger partial charge in [-0.05, 0) is 24.5 Å². The molecule has 3 amide bonds. The standard InChI is InChI=1S/C18H23N3O3/c1-20(12-13-5-4-9-19-11-13)16(22)8-10-21-17(23)14-6-2-3-7-15(14)18(21)24/h4-5,9,11,14-15H,2-3,6-8,10,12H2,1H3. The van der Waals surface area contributed by atoms with Crippen molar-refractivity contribution in [2.75, 3.05) is 13.6 Å². The first-order valence-electron chi connectivity index (χ1n) is 8.56. The van der Waals surface area contributed by atoms with Crippen molar-refractivity contribution in [2.45, 2.75) is 38.6 Å². The first kappa shape index (κ1) is 16.6. The minimum absolute atomic E-state index is 0.0747. The summed E-state index contributed by atoms with van der Waals surface area (Å²) in [4.78, 5) is 44.0. The van der Waals surface area contributed by atoms with Crippen LogP contribution >= 0.6 is 0 Å². The number of fused-ring (bicyclic) bond motifs is 1. The van der Waals surface area contributed by atoms with Gasteiger partial charge in [0.25, 0.3) is 0 Å². The van der Waals surface area contributed by atoms with Crippen LogP contribution in [0.3, 0.4) is 0 Å². The van der Waals surface area contributed by atoms with Crippen molar-refractivity contribution < 1.29 is 14.4 Å². The van der Waals surface area contributed by atoms with Crippen LogP contribution in [0.25, 0.3) is 0 Å². The molecule has 0 spiro atoms. The fourth-order valence-corrected chi connectivity index (χ4v) is 3.70. The van der Waals surface area contributed by atoms with Gasteiger partial charge in [0.05, 0.1) is 11.8 Å². The second-order valence-corrected chi connectivity index (χ2v) is 6.69. The maximum absolute atomic E-state index is 12.4. The Morgan fingerprint density at radius 2 is 1.92 bits per heavy atom. The predicted molar refractivity (Wildman–Crippen MR) is 87.5 cm³/mol. The van der Waals surface area contributed by atoms with Crippen LogP contribution in [-0.2, 0) is 20.9 Å².